The van der Waals surface area contributed by atoms with Gasteiger partial charge in [-0.3, -0.25) is 0 Å². The van der Waals surface area contributed by atoms with Crippen LogP contribution in [0.4, 0.5) is 15.8 Å². The highest BCUT2D eigenvalue weighted by Gasteiger charge is 2.08. The van der Waals surface area contributed by atoms with E-state index in [-0.39, 0.29) is 4.99 Å². The minimum atomic E-state index is -0.396. The summed E-state index contributed by atoms with van der Waals surface area (Å²) < 4.78 is 18.4. The monoisotopic (exact) mass is 310 g/mol. The second-order valence-electron chi connectivity index (χ2n) is 4.03. The molecule has 2 aromatic rings. The van der Waals surface area contributed by atoms with Crippen LogP contribution >= 0.6 is 23.8 Å². The second kappa shape index (κ2) is 6.07. The van der Waals surface area contributed by atoms with Crippen LogP contribution < -0.4 is 15.8 Å². The van der Waals surface area contributed by atoms with Crippen LogP contribution in [0.2, 0.25) is 5.02 Å². The fourth-order valence-electron chi connectivity index (χ4n) is 1.72. The summed E-state index contributed by atoms with van der Waals surface area (Å²) in [6, 6.07) is 9.40. The highest BCUT2D eigenvalue weighted by Crippen LogP contribution is 2.30. The first-order valence-corrected chi connectivity index (χ1v) is 6.50. The summed E-state index contributed by atoms with van der Waals surface area (Å²) in [4.78, 5) is 0.118. The van der Waals surface area contributed by atoms with Gasteiger partial charge in [-0.25, -0.2) is 4.39 Å². The van der Waals surface area contributed by atoms with Crippen LogP contribution in [0.1, 0.15) is 5.56 Å². The lowest BCUT2D eigenvalue weighted by Crippen LogP contribution is -2.12. The molecule has 0 aliphatic carbocycles. The molecular formula is C14H12ClFN2OS. The third-order valence-electron chi connectivity index (χ3n) is 2.68. The van der Waals surface area contributed by atoms with Crippen LogP contribution in [0.3, 0.4) is 0 Å². The molecule has 2 rings (SSSR count). The molecule has 0 aliphatic heterocycles. The Morgan fingerprint density at radius 3 is 2.70 bits per heavy atom. The maximum absolute atomic E-state index is 13.2. The summed E-state index contributed by atoms with van der Waals surface area (Å²) in [6.45, 7) is 0. The Bertz CT molecular complexity index is 664. The van der Waals surface area contributed by atoms with E-state index in [1.165, 1.54) is 19.2 Å². The Labute approximate surface area is 126 Å². The van der Waals surface area contributed by atoms with E-state index in [0.29, 0.717) is 22.0 Å². The molecule has 0 atom stereocenters. The van der Waals surface area contributed by atoms with Gasteiger partial charge in [0.05, 0.1) is 12.1 Å². The van der Waals surface area contributed by atoms with Gasteiger partial charge in [0, 0.05) is 23.0 Å². The molecular weight excluding hydrogens is 299 g/mol. The number of thiocarbonyl (C=S) groups is 1. The van der Waals surface area contributed by atoms with Gasteiger partial charge in [-0.2, -0.15) is 0 Å². The van der Waals surface area contributed by atoms with E-state index in [4.69, 9.17) is 34.3 Å². The Kier molecular flexibility index (Phi) is 4.42. The van der Waals surface area contributed by atoms with Gasteiger partial charge >= 0.3 is 0 Å². The van der Waals surface area contributed by atoms with Crippen molar-refractivity contribution in [1.29, 1.82) is 0 Å². The zero-order chi connectivity index (χ0) is 14.7. The normalized spacial score (nSPS) is 10.2. The molecule has 0 unspecified atom stereocenters. The number of nitrogens with two attached hydrogens (primary N) is 1. The van der Waals surface area contributed by atoms with Crippen molar-refractivity contribution in [2.24, 2.45) is 5.73 Å². The van der Waals surface area contributed by atoms with E-state index in [1.807, 2.05) is 0 Å². The second-order valence-corrected chi connectivity index (χ2v) is 4.88. The van der Waals surface area contributed by atoms with Gasteiger partial charge in [-0.05, 0) is 30.3 Å². The minimum Gasteiger partial charge on any atom is -0.495 e. The maximum Gasteiger partial charge on any atom is 0.139 e. The average Bonchev–Trinajstić information content (AvgIpc) is 2.42. The van der Waals surface area contributed by atoms with E-state index < -0.39 is 5.82 Å². The third kappa shape index (κ3) is 3.18. The quantitative estimate of drug-likeness (QED) is 0.842. The van der Waals surface area contributed by atoms with Crippen molar-refractivity contribution >= 4 is 40.2 Å². The number of halogens is 2. The van der Waals surface area contributed by atoms with Crippen molar-refractivity contribution in [3.05, 3.63) is 52.8 Å². The Morgan fingerprint density at radius 2 is 2.05 bits per heavy atom. The summed E-state index contributed by atoms with van der Waals surface area (Å²) in [5, 5.41) is 3.62. The van der Waals surface area contributed by atoms with Crippen molar-refractivity contribution in [2.75, 3.05) is 12.4 Å². The lowest BCUT2D eigenvalue weighted by Gasteiger charge is -2.13. The molecule has 2 aromatic carbocycles. The number of nitrogens with one attached hydrogen (secondary N) is 1. The molecule has 0 amide bonds. The Balaban J connectivity index is 2.37. The van der Waals surface area contributed by atoms with Gasteiger partial charge < -0.3 is 15.8 Å². The minimum absolute atomic E-state index is 0.118. The van der Waals surface area contributed by atoms with E-state index in [2.05, 4.69) is 5.32 Å². The van der Waals surface area contributed by atoms with Gasteiger partial charge in [0.15, 0.2) is 0 Å². The predicted molar refractivity (Wildman–Crippen MR) is 83.6 cm³/mol. The number of ether oxygens (including phenoxy) is 1. The number of benzene rings is 2. The predicted octanol–water partition coefficient (Wildman–Crippen LogP) is 3.87. The molecule has 0 spiro atoms. The van der Waals surface area contributed by atoms with Crippen LogP contribution in [-0.2, 0) is 0 Å². The molecule has 3 nitrogen and oxygen atoms in total. The van der Waals surface area contributed by atoms with Gasteiger partial charge in [0.1, 0.15) is 16.6 Å². The number of hydrogen-bond donors (Lipinski definition) is 2. The summed E-state index contributed by atoms with van der Waals surface area (Å²) in [5.41, 5.74) is 7.38. The first-order chi connectivity index (χ1) is 9.51. The molecule has 104 valence electrons. The smallest absolute Gasteiger partial charge is 0.139 e. The third-order valence-corrected chi connectivity index (χ3v) is 3.21. The molecule has 0 saturated heterocycles. The molecule has 0 aromatic heterocycles. The summed E-state index contributed by atoms with van der Waals surface area (Å²) in [7, 11) is 1.53. The van der Waals surface area contributed by atoms with Crippen molar-refractivity contribution in [3.63, 3.8) is 0 Å². The van der Waals surface area contributed by atoms with Crippen molar-refractivity contribution in [3.8, 4) is 5.75 Å². The van der Waals surface area contributed by atoms with E-state index in [0.717, 1.165) is 5.69 Å². The van der Waals surface area contributed by atoms with Gasteiger partial charge in [0.25, 0.3) is 0 Å². The van der Waals surface area contributed by atoms with Gasteiger partial charge in [-0.15, -0.1) is 0 Å². The topological polar surface area (TPSA) is 47.3 Å². The molecule has 0 aliphatic rings. The van der Waals surface area contributed by atoms with Crippen molar-refractivity contribution < 1.29 is 9.13 Å². The van der Waals surface area contributed by atoms with Gasteiger partial charge in [0.2, 0.25) is 0 Å². The number of methoxy groups -OCH3 is 1. The summed E-state index contributed by atoms with van der Waals surface area (Å²) in [6.07, 6.45) is 0. The van der Waals surface area contributed by atoms with Gasteiger partial charge in [-0.1, -0.05) is 23.8 Å². The molecule has 3 N–H and O–H groups in total. The number of anilines is 2. The Hall–Kier alpha value is -1.85. The maximum atomic E-state index is 13.2. The Morgan fingerprint density at radius 1 is 1.30 bits per heavy atom. The molecule has 0 fully saturated rings. The highest BCUT2D eigenvalue weighted by atomic mass is 35.5. The molecule has 0 bridgehead atoms. The first-order valence-electron chi connectivity index (χ1n) is 5.71. The van der Waals surface area contributed by atoms with E-state index in [1.54, 1.807) is 24.3 Å². The molecule has 0 radical (unpaired) electrons. The van der Waals surface area contributed by atoms with E-state index >= 15 is 0 Å². The standard InChI is InChI=1S/C14H12ClFN2OS/c1-19-13-7-9(3-4-11(13)15)18-12-5-2-8(16)6-10(12)14(17)20/h2-7,18H,1H3,(H2,17,20). The fraction of sp³-hybridized carbons (Fsp3) is 0.0714. The molecule has 0 saturated carbocycles. The van der Waals surface area contributed by atoms with Crippen molar-refractivity contribution in [2.45, 2.75) is 0 Å². The highest BCUT2D eigenvalue weighted by molar-refractivity contribution is 7.80. The first kappa shape index (κ1) is 14.6. The van der Waals surface area contributed by atoms with Crippen LogP contribution in [0, 0.1) is 5.82 Å². The zero-order valence-corrected chi connectivity index (χ0v) is 12.2. The lowest BCUT2D eigenvalue weighted by molar-refractivity contribution is 0.415. The molecule has 20 heavy (non-hydrogen) atoms. The van der Waals surface area contributed by atoms with Crippen LogP contribution in [-0.4, -0.2) is 12.1 Å². The summed E-state index contributed by atoms with van der Waals surface area (Å²) in [5.74, 6) is 0.141. The van der Waals surface area contributed by atoms with Crippen LogP contribution in [0.15, 0.2) is 36.4 Å². The van der Waals surface area contributed by atoms with Crippen LogP contribution in [0.5, 0.6) is 5.75 Å². The number of rotatable bonds is 4. The van der Waals surface area contributed by atoms with Crippen LogP contribution in [0.25, 0.3) is 0 Å². The zero-order valence-electron chi connectivity index (χ0n) is 10.6. The van der Waals surface area contributed by atoms with E-state index in [9.17, 15) is 4.39 Å². The largest absolute Gasteiger partial charge is 0.495 e. The molecule has 0 heterocycles. The number of hydrogen-bond acceptors (Lipinski definition) is 3. The van der Waals surface area contributed by atoms with Crippen molar-refractivity contribution in [1.82, 2.24) is 0 Å². The summed E-state index contributed by atoms with van der Waals surface area (Å²) >= 11 is 10.9. The fourth-order valence-corrected chi connectivity index (χ4v) is 2.09. The average molecular weight is 311 g/mol. The molecule has 6 heteroatoms. The SMILES string of the molecule is COc1cc(Nc2ccc(F)cc2C(N)=S)ccc1Cl. The lowest BCUT2D eigenvalue weighted by atomic mass is 10.1.